The summed E-state index contributed by atoms with van der Waals surface area (Å²) in [5.74, 6) is 0.0304. The zero-order valence-electron chi connectivity index (χ0n) is 15.9. The van der Waals surface area contributed by atoms with Crippen LogP contribution in [0.5, 0.6) is 0 Å². The van der Waals surface area contributed by atoms with E-state index in [0.29, 0.717) is 45.0 Å². The maximum Gasteiger partial charge on any atom is 0.309 e. The number of nitrogens with zero attached hydrogens (tertiary/aromatic N) is 2. The Morgan fingerprint density at radius 1 is 1.37 bits per heavy atom. The van der Waals surface area contributed by atoms with Crippen molar-refractivity contribution < 1.29 is 19.0 Å². The van der Waals surface area contributed by atoms with Crippen LogP contribution >= 0.6 is 24.0 Å². The summed E-state index contributed by atoms with van der Waals surface area (Å²) in [6.45, 7) is 6.30. The van der Waals surface area contributed by atoms with Gasteiger partial charge in [-0.2, -0.15) is 0 Å². The normalized spacial score (nSPS) is 16.4. The molecule has 1 aliphatic heterocycles. The number of hydrogen-bond acceptors (Lipinski definition) is 4. The molecule has 1 atom stereocenters. The molecule has 0 amide bonds. The first-order chi connectivity index (χ1) is 12.6. The molecule has 1 aromatic carbocycles. The fourth-order valence-electron chi connectivity index (χ4n) is 3.03. The third-order valence-corrected chi connectivity index (χ3v) is 4.43. The quantitative estimate of drug-likeness (QED) is 0.276. The van der Waals surface area contributed by atoms with Gasteiger partial charge in [0.15, 0.2) is 5.96 Å². The van der Waals surface area contributed by atoms with Crippen molar-refractivity contribution in [2.24, 2.45) is 10.9 Å². The summed E-state index contributed by atoms with van der Waals surface area (Å²) in [7, 11) is 0. The van der Waals surface area contributed by atoms with Crippen LogP contribution in [0.15, 0.2) is 29.3 Å². The lowest BCUT2D eigenvalue weighted by Gasteiger charge is -2.33. The first-order valence-corrected chi connectivity index (χ1v) is 9.19. The molecule has 0 saturated carbocycles. The van der Waals surface area contributed by atoms with Gasteiger partial charge in [-0.1, -0.05) is 18.2 Å². The number of rotatable bonds is 6. The van der Waals surface area contributed by atoms with Crippen LogP contribution in [-0.4, -0.2) is 54.7 Å². The molecule has 0 bridgehead atoms. The summed E-state index contributed by atoms with van der Waals surface area (Å²) >= 11 is 0. The van der Waals surface area contributed by atoms with Crippen molar-refractivity contribution in [2.75, 3.05) is 32.8 Å². The number of likely N-dealkylation sites (tertiary alicyclic amines) is 1. The maximum absolute atomic E-state index is 13.8. The first-order valence-electron chi connectivity index (χ1n) is 9.19. The van der Waals surface area contributed by atoms with Gasteiger partial charge in [0.25, 0.3) is 0 Å². The van der Waals surface area contributed by atoms with Gasteiger partial charge in [-0.25, -0.2) is 4.39 Å². The van der Waals surface area contributed by atoms with E-state index in [-0.39, 0.29) is 48.0 Å². The van der Waals surface area contributed by atoms with Gasteiger partial charge < -0.3 is 20.1 Å². The zero-order valence-corrected chi connectivity index (χ0v) is 18.2. The topological polar surface area (TPSA) is 74.2 Å². The standard InChI is InChI=1S/C19H28FN3O3.HI/c1-3-21-19(22-13-17(24)15-7-5-6-8-16(15)20)23-11-9-14(10-12-23)18(25)26-4-2;/h5-8,14,17,24H,3-4,9-13H2,1-2H3,(H,21,22);1H. The molecule has 1 aromatic rings. The average Bonchev–Trinajstić information content (AvgIpc) is 2.65. The number of aliphatic imine (C=N–C) groups is 1. The Morgan fingerprint density at radius 2 is 2.04 bits per heavy atom. The number of halogens is 2. The third-order valence-electron chi connectivity index (χ3n) is 4.43. The van der Waals surface area contributed by atoms with Crippen LogP contribution in [0, 0.1) is 11.7 Å². The highest BCUT2D eigenvalue weighted by molar-refractivity contribution is 14.0. The summed E-state index contributed by atoms with van der Waals surface area (Å²) in [6, 6.07) is 6.17. The van der Waals surface area contributed by atoms with E-state index in [4.69, 9.17) is 4.74 Å². The van der Waals surface area contributed by atoms with Crippen LogP contribution in [0.3, 0.4) is 0 Å². The maximum atomic E-state index is 13.8. The largest absolute Gasteiger partial charge is 0.466 e. The van der Waals surface area contributed by atoms with E-state index in [9.17, 15) is 14.3 Å². The summed E-state index contributed by atoms with van der Waals surface area (Å²) < 4.78 is 18.9. The van der Waals surface area contributed by atoms with Gasteiger partial charge in [0, 0.05) is 25.2 Å². The number of esters is 1. The predicted molar refractivity (Wildman–Crippen MR) is 114 cm³/mol. The van der Waals surface area contributed by atoms with Crippen LogP contribution in [-0.2, 0) is 9.53 Å². The second-order valence-corrected chi connectivity index (χ2v) is 6.25. The van der Waals surface area contributed by atoms with E-state index in [1.165, 1.54) is 6.07 Å². The average molecular weight is 493 g/mol. The molecule has 8 heteroatoms. The molecule has 27 heavy (non-hydrogen) atoms. The second-order valence-electron chi connectivity index (χ2n) is 6.25. The smallest absolute Gasteiger partial charge is 0.309 e. The fourth-order valence-corrected chi connectivity index (χ4v) is 3.03. The molecule has 2 N–H and O–H groups in total. The molecule has 6 nitrogen and oxygen atoms in total. The molecule has 1 aliphatic rings. The van der Waals surface area contributed by atoms with E-state index < -0.39 is 11.9 Å². The highest BCUT2D eigenvalue weighted by atomic mass is 127. The molecule has 0 aromatic heterocycles. The van der Waals surface area contributed by atoms with Crippen LogP contribution in [0.2, 0.25) is 0 Å². The van der Waals surface area contributed by atoms with E-state index in [2.05, 4.69) is 15.2 Å². The van der Waals surface area contributed by atoms with Crippen molar-refractivity contribution in [1.82, 2.24) is 10.2 Å². The van der Waals surface area contributed by atoms with Crippen molar-refractivity contribution in [2.45, 2.75) is 32.8 Å². The molecule has 1 fully saturated rings. The number of carbonyl (C=O) groups is 1. The number of aliphatic hydroxyl groups excluding tert-OH is 1. The van der Waals surface area contributed by atoms with E-state index in [0.717, 1.165) is 0 Å². The molecule has 1 saturated heterocycles. The Balaban J connectivity index is 0.00000364. The number of aliphatic hydroxyl groups is 1. The molecule has 1 heterocycles. The van der Waals surface area contributed by atoms with Crippen LogP contribution in [0.1, 0.15) is 38.4 Å². The van der Waals surface area contributed by atoms with Gasteiger partial charge in [-0.05, 0) is 32.8 Å². The van der Waals surface area contributed by atoms with Crippen molar-refractivity contribution in [3.63, 3.8) is 0 Å². The number of benzene rings is 1. The molecule has 2 rings (SSSR count). The summed E-state index contributed by atoms with van der Waals surface area (Å²) in [5.41, 5.74) is 0.244. The zero-order chi connectivity index (χ0) is 18.9. The lowest BCUT2D eigenvalue weighted by Crippen LogP contribution is -2.47. The van der Waals surface area contributed by atoms with Crippen molar-refractivity contribution in [1.29, 1.82) is 0 Å². The predicted octanol–water partition coefficient (Wildman–Crippen LogP) is 2.72. The number of guanidine groups is 1. The highest BCUT2D eigenvalue weighted by Gasteiger charge is 2.27. The Hall–Kier alpha value is -1.42. The lowest BCUT2D eigenvalue weighted by molar-refractivity contribution is -0.149. The summed E-state index contributed by atoms with van der Waals surface area (Å²) in [4.78, 5) is 18.4. The van der Waals surface area contributed by atoms with Crippen LogP contribution in [0.25, 0.3) is 0 Å². The van der Waals surface area contributed by atoms with Gasteiger partial charge in [0.05, 0.1) is 19.1 Å². The lowest BCUT2D eigenvalue weighted by atomic mass is 9.97. The number of carbonyl (C=O) groups excluding carboxylic acids is 1. The van der Waals surface area contributed by atoms with Gasteiger partial charge in [0.1, 0.15) is 11.9 Å². The van der Waals surface area contributed by atoms with E-state index in [1.54, 1.807) is 18.2 Å². The number of nitrogens with one attached hydrogen (secondary N) is 1. The van der Waals surface area contributed by atoms with Gasteiger partial charge in [0.2, 0.25) is 0 Å². The van der Waals surface area contributed by atoms with Gasteiger partial charge in [-0.15, -0.1) is 24.0 Å². The van der Waals surface area contributed by atoms with Crippen molar-refractivity contribution >= 4 is 35.9 Å². The minimum Gasteiger partial charge on any atom is -0.466 e. The molecular weight excluding hydrogens is 464 g/mol. The minimum atomic E-state index is -0.998. The van der Waals surface area contributed by atoms with E-state index in [1.807, 2.05) is 13.8 Å². The van der Waals surface area contributed by atoms with Gasteiger partial charge >= 0.3 is 5.97 Å². The Bertz CT molecular complexity index is 622. The molecule has 152 valence electrons. The minimum absolute atomic E-state index is 0. The third kappa shape index (κ3) is 6.91. The Morgan fingerprint density at radius 3 is 2.63 bits per heavy atom. The molecule has 0 aliphatic carbocycles. The summed E-state index contributed by atoms with van der Waals surface area (Å²) in [6.07, 6.45) is 0.417. The Kier molecular flexibility index (Phi) is 10.6. The molecule has 1 unspecified atom stereocenters. The second kappa shape index (κ2) is 12.1. The number of ether oxygens (including phenoxy) is 1. The molecular formula is C19H29FIN3O3. The number of piperidine rings is 1. The van der Waals surface area contributed by atoms with Gasteiger partial charge in [-0.3, -0.25) is 9.79 Å². The fraction of sp³-hybridized carbons (Fsp3) is 0.579. The molecule has 0 radical (unpaired) electrons. The van der Waals surface area contributed by atoms with Crippen LogP contribution < -0.4 is 5.32 Å². The summed E-state index contributed by atoms with van der Waals surface area (Å²) in [5, 5.41) is 13.4. The van der Waals surface area contributed by atoms with Crippen LogP contribution in [0.4, 0.5) is 4.39 Å². The monoisotopic (exact) mass is 493 g/mol. The SMILES string of the molecule is CCNC(=NCC(O)c1ccccc1F)N1CCC(C(=O)OCC)CC1.I. The van der Waals surface area contributed by atoms with E-state index >= 15 is 0 Å². The first kappa shape index (κ1) is 23.6. The number of hydrogen-bond donors (Lipinski definition) is 2. The Labute approximate surface area is 177 Å². The highest BCUT2D eigenvalue weighted by Crippen LogP contribution is 2.20. The van der Waals surface area contributed by atoms with Crippen molar-refractivity contribution in [3.8, 4) is 0 Å². The van der Waals surface area contributed by atoms with Crippen molar-refractivity contribution in [3.05, 3.63) is 35.6 Å². The molecule has 0 spiro atoms.